The second-order valence-electron chi connectivity index (χ2n) is 6.71. The second kappa shape index (κ2) is 8.33. The summed E-state index contributed by atoms with van der Waals surface area (Å²) in [5, 5.41) is 12.3. The number of benzene rings is 2. The molecule has 0 aliphatic rings. The molecule has 0 bridgehead atoms. The van der Waals surface area contributed by atoms with Gasteiger partial charge in [0.05, 0.1) is 22.6 Å². The number of nitrogens with two attached hydrogens (primary N) is 1. The van der Waals surface area contributed by atoms with Gasteiger partial charge >= 0.3 is 0 Å². The molecule has 0 unspecified atom stereocenters. The highest BCUT2D eigenvalue weighted by molar-refractivity contribution is 6.05. The Kier molecular flexibility index (Phi) is 5.68. The van der Waals surface area contributed by atoms with E-state index in [0.717, 1.165) is 11.1 Å². The molecule has 140 valence electrons. The van der Waals surface area contributed by atoms with Gasteiger partial charge in [-0.1, -0.05) is 24.3 Å². The van der Waals surface area contributed by atoms with E-state index in [1.54, 1.807) is 42.6 Å². The Morgan fingerprint density at radius 2 is 1.89 bits per heavy atom. The predicted molar refractivity (Wildman–Crippen MR) is 111 cm³/mol. The molecule has 0 aliphatic carbocycles. The van der Waals surface area contributed by atoms with Gasteiger partial charge in [-0.25, -0.2) is 0 Å². The van der Waals surface area contributed by atoms with E-state index >= 15 is 0 Å². The Hall–Kier alpha value is -3.69. The molecule has 0 aliphatic heterocycles. The summed E-state index contributed by atoms with van der Waals surface area (Å²) in [6, 6.07) is 18.2. The quantitative estimate of drug-likeness (QED) is 0.669. The molecular formula is C22H21N5O. The van der Waals surface area contributed by atoms with E-state index in [0.29, 0.717) is 34.7 Å². The largest absolute Gasteiger partial charge is 0.397 e. The van der Waals surface area contributed by atoms with Crippen molar-refractivity contribution in [3.63, 3.8) is 0 Å². The van der Waals surface area contributed by atoms with Crippen LogP contribution in [0, 0.1) is 11.3 Å². The van der Waals surface area contributed by atoms with Gasteiger partial charge in [-0.15, -0.1) is 0 Å². The average Bonchev–Trinajstić information content (AvgIpc) is 2.69. The van der Waals surface area contributed by atoms with Crippen LogP contribution in [-0.4, -0.2) is 29.9 Å². The number of nitrogens with one attached hydrogen (secondary N) is 1. The Labute approximate surface area is 164 Å². The SMILES string of the molecule is CN(C)Cc1cnc(-c2ccc(C(=O)Nc3ccccc3N)cc2)c(C#N)c1. The topological polar surface area (TPSA) is 95.0 Å². The average molecular weight is 371 g/mol. The van der Waals surface area contributed by atoms with Gasteiger partial charge in [-0.2, -0.15) is 5.26 Å². The van der Waals surface area contributed by atoms with Crippen LogP contribution >= 0.6 is 0 Å². The number of para-hydroxylation sites is 2. The molecule has 2 aromatic carbocycles. The van der Waals surface area contributed by atoms with Gasteiger partial charge in [0, 0.05) is 23.9 Å². The van der Waals surface area contributed by atoms with Crippen LogP contribution < -0.4 is 11.1 Å². The molecule has 0 fully saturated rings. The lowest BCUT2D eigenvalue weighted by Gasteiger charge is -2.11. The third kappa shape index (κ3) is 4.34. The standard InChI is InChI=1S/C22H21N5O/c1-27(2)14-15-11-18(12-23)21(25-13-15)16-7-9-17(10-8-16)22(28)26-20-6-4-3-5-19(20)24/h3-11,13H,14,24H2,1-2H3,(H,26,28). The molecule has 3 rings (SSSR count). The van der Waals surface area contributed by atoms with E-state index in [-0.39, 0.29) is 5.91 Å². The number of nitrogens with zero attached hydrogens (tertiary/aromatic N) is 3. The van der Waals surface area contributed by atoms with Crippen LogP contribution in [0.15, 0.2) is 60.8 Å². The molecule has 3 aromatic rings. The van der Waals surface area contributed by atoms with Crippen molar-refractivity contribution in [2.45, 2.75) is 6.54 Å². The molecule has 6 heteroatoms. The zero-order chi connectivity index (χ0) is 20.1. The van der Waals surface area contributed by atoms with E-state index in [1.165, 1.54) is 0 Å². The van der Waals surface area contributed by atoms with Gasteiger partial charge in [-0.05, 0) is 50.0 Å². The Balaban J connectivity index is 1.82. The highest BCUT2D eigenvalue weighted by Gasteiger charge is 2.11. The normalized spacial score (nSPS) is 10.5. The van der Waals surface area contributed by atoms with E-state index in [9.17, 15) is 10.1 Å². The minimum absolute atomic E-state index is 0.251. The number of pyridine rings is 1. The van der Waals surface area contributed by atoms with Gasteiger partial charge < -0.3 is 16.0 Å². The van der Waals surface area contributed by atoms with Crippen LogP contribution in [0.3, 0.4) is 0 Å². The molecule has 0 radical (unpaired) electrons. The first kappa shape index (κ1) is 19.1. The van der Waals surface area contributed by atoms with E-state index in [2.05, 4.69) is 16.4 Å². The number of carbonyl (C=O) groups is 1. The number of nitriles is 1. The Bertz CT molecular complexity index is 1040. The fourth-order valence-electron chi connectivity index (χ4n) is 2.86. The lowest BCUT2D eigenvalue weighted by molar-refractivity contribution is 0.102. The number of hydrogen-bond acceptors (Lipinski definition) is 5. The summed E-state index contributed by atoms with van der Waals surface area (Å²) in [4.78, 5) is 18.9. The van der Waals surface area contributed by atoms with Crippen molar-refractivity contribution in [2.75, 3.05) is 25.1 Å². The fourth-order valence-corrected chi connectivity index (χ4v) is 2.86. The number of amides is 1. The molecule has 0 atom stereocenters. The highest BCUT2D eigenvalue weighted by atomic mass is 16.1. The first-order valence-electron chi connectivity index (χ1n) is 8.78. The van der Waals surface area contributed by atoms with Crippen LogP contribution in [0.5, 0.6) is 0 Å². The summed E-state index contributed by atoms with van der Waals surface area (Å²) in [7, 11) is 3.93. The molecule has 3 N–H and O–H groups in total. The number of aromatic nitrogens is 1. The first-order chi connectivity index (χ1) is 13.5. The molecule has 1 heterocycles. The van der Waals surface area contributed by atoms with Crippen molar-refractivity contribution in [3.05, 3.63) is 77.5 Å². The summed E-state index contributed by atoms with van der Waals surface area (Å²) in [6.07, 6.45) is 1.77. The number of nitrogen functional groups attached to an aromatic ring is 1. The van der Waals surface area contributed by atoms with Crippen molar-refractivity contribution in [1.82, 2.24) is 9.88 Å². The molecule has 1 aromatic heterocycles. The lowest BCUT2D eigenvalue weighted by Crippen LogP contribution is -2.13. The van der Waals surface area contributed by atoms with Gasteiger partial charge in [0.2, 0.25) is 0 Å². The Morgan fingerprint density at radius 1 is 1.18 bits per heavy atom. The van der Waals surface area contributed by atoms with Gasteiger partial charge in [0.15, 0.2) is 0 Å². The zero-order valence-corrected chi connectivity index (χ0v) is 15.8. The van der Waals surface area contributed by atoms with Gasteiger partial charge in [0.25, 0.3) is 5.91 Å². The summed E-state index contributed by atoms with van der Waals surface area (Å²) in [5.74, 6) is -0.251. The van der Waals surface area contributed by atoms with Crippen molar-refractivity contribution in [3.8, 4) is 17.3 Å². The van der Waals surface area contributed by atoms with Crippen molar-refractivity contribution >= 4 is 17.3 Å². The third-order valence-corrected chi connectivity index (χ3v) is 4.19. The Morgan fingerprint density at radius 3 is 2.54 bits per heavy atom. The van der Waals surface area contributed by atoms with Crippen LogP contribution in [0.2, 0.25) is 0 Å². The smallest absolute Gasteiger partial charge is 0.255 e. The number of anilines is 2. The molecular weight excluding hydrogens is 350 g/mol. The lowest BCUT2D eigenvalue weighted by atomic mass is 10.0. The van der Waals surface area contributed by atoms with E-state index in [1.807, 2.05) is 37.2 Å². The summed E-state index contributed by atoms with van der Waals surface area (Å²) in [6.45, 7) is 0.712. The maximum Gasteiger partial charge on any atom is 0.255 e. The maximum absolute atomic E-state index is 12.4. The zero-order valence-electron chi connectivity index (χ0n) is 15.8. The third-order valence-electron chi connectivity index (χ3n) is 4.19. The van der Waals surface area contributed by atoms with Crippen LogP contribution in [-0.2, 0) is 6.54 Å². The molecule has 0 saturated carbocycles. The predicted octanol–water partition coefficient (Wildman–Crippen LogP) is 3.52. The number of carbonyl (C=O) groups excluding carboxylic acids is 1. The molecule has 28 heavy (non-hydrogen) atoms. The number of hydrogen-bond donors (Lipinski definition) is 2. The summed E-state index contributed by atoms with van der Waals surface area (Å²) in [5.41, 5.74) is 10.3. The minimum Gasteiger partial charge on any atom is -0.397 e. The molecule has 1 amide bonds. The van der Waals surface area contributed by atoms with Crippen LogP contribution in [0.1, 0.15) is 21.5 Å². The van der Waals surface area contributed by atoms with Crippen molar-refractivity contribution in [1.29, 1.82) is 5.26 Å². The van der Waals surface area contributed by atoms with Gasteiger partial charge in [-0.3, -0.25) is 9.78 Å². The maximum atomic E-state index is 12.4. The van der Waals surface area contributed by atoms with Crippen LogP contribution in [0.25, 0.3) is 11.3 Å². The van der Waals surface area contributed by atoms with E-state index in [4.69, 9.17) is 5.73 Å². The number of rotatable bonds is 5. The molecule has 6 nitrogen and oxygen atoms in total. The molecule has 0 saturated heterocycles. The summed E-state index contributed by atoms with van der Waals surface area (Å²) < 4.78 is 0. The van der Waals surface area contributed by atoms with Crippen molar-refractivity contribution in [2.24, 2.45) is 0 Å². The highest BCUT2D eigenvalue weighted by Crippen LogP contribution is 2.23. The van der Waals surface area contributed by atoms with Crippen LogP contribution in [0.4, 0.5) is 11.4 Å². The fraction of sp³-hybridized carbons (Fsp3) is 0.136. The second-order valence-corrected chi connectivity index (χ2v) is 6.71. The first-order valence-corrected chi connectivity index (χ1v) is 8.78. The summed E-state index contributed by atoms with van der Waals surface area (Å²) >= 11 is 0. The monoisotopic (exact) mass is 371 g/mol. The minimum atomic E-state index is -0.251. The molecule has 0 spiro atoms. The van der Waals surface area contributed by atoms with Crippen molar-refractivity contribution < 1.29 is 4.79 Å². The van der Waals surface area contributed by atoms with Gasteiger partial charge in [0.1, 0.15) is 6.07 Å². The van der Waals surface area contributed by atoms with E-state index < -0.39 is 0 Å².